The van der Waals surface area contributed by atoms with Crippen LogP contribution in [0.4, 0.5) is 0 Å². The van der Waals surface area contributed by atoms with Crippen LogP contribution in [-0.4, -0.2) is 33.1 Å². The molecule has 3 heteroatoms. The maximum atomic E-state index is 10.7. The van der Waals surface area contributed by atoms with Crippen molar-refractivity contribution < 1.29 is 15.3 Å². The normalized spacial score (nSPS) is 46.5. The molecule has 4 aliphatic carbocycles. The number of rotatable bonds is 7. The summed E-state index contributed by atoms with van der Waals surface area (Å²) in [5.41, 5.74) is 1.22. The largest absolute Gasteiger partial charge is 0.396 e. The van der Waals surface area contributed by atoms with Crippen molar-refractivity contribution in [1.29, 1.82) is 0 Å². The third-order valence-electron chi connectivity index (χ3n) is 10.7. The van der Waals surface area contributed by atoms with Gasteiger partial charge in [-0.2, -0.15) is 0 Å². The third kappa shape index (κ3) is 4.41. The van der Waals surface area contributed by atoms with Crippen LogP contribution in [0.2, 0.25) is 0 Å². The van der Waals surface area contributed by atoms with Gasteiger partial charge >= 0.3 is 0 Å². The second-order valence-electron chi connectivity index (χ2n) is 13.0. The molecular formula is C28H48O3. The zero-order valence-corrected chi connectivity index (χ0v) is 20.6. The monoisotopic (exact) mass is 432 g/mol. The van der Waals surface area contributed by atoms with Crippen molar-refractivity contribution in [2.24, 2.45) is 34.5 Å². The smallest absolute Gasteiger partial charge is 0.0657 e. The van der Waals surface area contributed by atoms with Crippen LogP contribution < -0.4 is 0 Å². The lowest BCUT2D eigenvalue weighted by Crippen LogP contribution is -2.51. The van der Waals surface area contributed by atoms with E-state index in [9.17, 15) is 10.2 Å². The Morgan fingerprint density at radius 1 is 1.00 bits per heavy atom. The van der Waals surface area contributed by atoms with E-state index in [0.717, 1.165) is 55.8 Å². The van der Waals surface area contributed by atoms with Crippen molar-refractivity contribution >= 4 is 0 Å². The van der Waals surface area contributed by atoms with Gasteiger partial charge in [0.15, 0.2) is 0 Å². The maximum absolute atomic E-state index is 10.7. The van der Waals surface area contributed by atoms with E-state index in [1.54, 1.807) is 5.57 Å². The van der Waals surface area contributed by atoms with E-state index in [0.29, 0.717) is 23.7 Å². The molecule has 0 aromatic heterocycles. The Kier molecular flexibility index (Phi) is 6.47. The predicted octanol–water partition coefficient (Wildman–Crippen LogP) is 6.01. The lowest BCUT2D eigenvalue weighted by Gasteiger charge is -2.59. The number of allylic oxidation sites excluding steroid dienone is 1. The van der Waals surface area contributed by atoms with Crippen LogP contribution in [0.5, 0.6) is 0 Å². The highest BCUT2D eigenvalue weighted by Gasteiger charge is 2.58. The Hall–Kier alpha value is -0.380. The molecule has 0 unspecified atom stereocenters. The third-order valence-corrected chi connectivity index (χ3v) is 10.7. The van der Waals surface area contributed by atoms with Gasteiger partial charge in [-0.05, 0) is 125 Å². The van der Waals surface area contributed by atoms with Gasteiger partial charge in [-0.1, -0.05) is 31.9 Å². The van der Waals surface area contributed by atoms with E-state index in [1.807, 2.05) is 13.8 Å². The average molecular weight is 433 g/mol. The van der Waals surface area contributed by atoms with Crippen LogP contribution in [0.25, 0.3) is 0 Å². The SMILES string of the molecule is C[C@](O)(CCCO)CCC[C@H]1CC[C@H]2[C@@H]3CC=C4C[C@@](C)(O)CC[C@]4(C)[C@H]3CC[C@]12C. The Morgan fingerprint density at radius 3 is 2.48 bits per heavy atom. The Labute approximate surface area is 190 Å². The molecule has 3 nitrogen and oxygen atoms in total. The fraction of sp³-hybridized carbons (Fsp3) is 0.929. The number of aliphatic hydroxyl groups excluding tert-OH is 1. The number of aliphatic hydroxyl groups is 3. The van der Waals surface area contributed by atoms with Crippen molar-refractivity contribution in [2.45, 2.75) is 122 Å². The zero-order valence-electron chi connectivity index (χ0n) is 20.6. The fourth-order valence-electron chi connectivity index (χ4n) is 8.70. The standard InChI is InChI=1S/C28H48O3/c1-25(30,14-6-18-29)13-5-7-20-9-11-23-22-10-8-21-19-26(2,31)16-17-28(21,4)24(22)12-15-27(20,23)3/h8,20,22-24,29-31H,5-7,9-19H2,1-4H3/t20-,22-,23-,24-,25+,26-,27+,28-/m0/s1. The van der Waals surface area contributed by atoms with Crippen LogP contribution in [-0.2, 0) is 0 Å². The highest BCUT2D eigenvalue weighted by molar-refractivity contribution is 5.26. The summed E-state index contributed by atoms with van der Waals surface area (Å²) < 4.78 is 0. The van der Waals surface area contributed by atoms with E-state index in [1.165, 1.54) is 38.5 Å². The van der Waals surface area contributed by atoms with Crippen LogP contribution >= 0.6 is 0 Å². The van der Waals surface area contributed by atoms with Gasteiger partial charge in [0, 0.05) is 6.61 Å². The summed E-state index contributed by atoms with van der Waals surface area (Å²) in [6, 6.07) is 0. The van der Waals surface area contributed by atoms with Crippen LogP contribution in [0.3, 0.4) is 0 Å². The number of hydrogen-bond acceptors (Lipinski definition) is 3. The minimum absolute atomic E-state index is 0.174. The first kappa shape index (κ1) is 23.8. The molecule has 0 aromatic rings. The molecule has 0 spiro atoms. The highest BCUT2D eigenvalue weighted by atomic mass is 16.3. The van der Waals surface area contributed by atoms with Crippen molar-refractivity contribution in [2.75, 3.05) is 6.61 Å². The van der Waals surface area contributed by atoms with Gasteiger partial charge in [-0.25, -0.2) is 0 Å². The van der Waals surface area contributed by atoms with Crippen molar-refractivity contribution in [3.63, 3.8) is 0 Å². The molecular weight excluding hydrogens is 384 g/mol. The van der Waals surface area contributed by atoms with E-state index in [4.69, 9.17) is 5.11 Å². The van der Waals surface area contributed by atoms with Gasteiger partial charge in [0.1, 0.15) is 0 Å². The van der Waals surface area contributed by atoms with Crippen molar-refractivity contribution in [3.05, 3.63) is 11.6 Å². The summed E-state index contributed by atoms with van der Waals surface area (Å²) in [5.74, 6) is 3.29. The molecule has 4 aliphatic rings. The molecule has 4 rings (SSSR count). The molecule has 0 aliphatic heterocycles. The van der Waals surface area contributed by atoms with Gasteiger partial charge in [0.2, 0.25) is 0 Å². The van der Waals surface area contributed by atoms with Crippen LogP contribution in [0, 0.1) is 34.5 Å². The van der Waals surface area contributed by atoms with Crippen molar-refractivity contribution in [3.8, 4) is 0 Å². The number of fused-ring (bicyclic) bond motifs is 5. The van der Waals surface area contributed by atoms with E-state index in [-0.39, 0.29) is 6.61 Å². The topological polar surface area (TPSA) is 60.7 Å². The summed E-state index contributed by atoms with van der Waals surface area (Å²) in [6.07, 6.45) is 16.9. The molecule has 8 atom stereocenters. The Bertz CT molecular complexity index is 680. The van der Waals surface area contributed by atoms with E-state index < -0.39 is 11.2 Å². The molecule has 0 bridgehead atoms. The lowest BCUT2D eigenvalue weighted by molar-refractivity contribution is -0.0665. The summed E-state index contributed by atoms with van der Waals surface area (Å²) in [6.45, 7) is 9.27. The van der Waals surface area contributed by atoms with Crippen molar-refractivity contribution in [1.82, 2.24) is 0 Å². The molecule has 0 radical (unpaired) electrons. The maximum Gasteiger partial charge on any atom is 0.0657 e. The molecule has 0 heterocycles. The molecule has 0 aromatic carbocycles. The molecule has 3 saturated carbocycles. The second-order valence-corrected chi connectivity index (χ2v) is 13.0. The first-order chi connectivity index (χ1) is 14.5. The molecule has 3 N–H and O–H groups in total. The minimum Gasteiger partial charge on any atom is -0.396 e. The predicted molar refractivity (Wildman–Crippen MR) is 127 cm³/mol. The first-order valence-electron chi connectivity index (χ1n) is 13.3. The Morgan fingerprint density at radius 2 is 1.74 bits per heavy atom. The second kappa shape index (κ2) is 8.44. The van der Waals surface area contributed by atoms with Gasteiger partial charge in [0.05, 0.1) is 11.2 Å². The zero-order chi connectivity index (χ0) is 22.5. The summed E-state index contributed by atoms with van der Waals surface area (Å²) in [7, 11) is 0. The number of hydrogen-bond donors (Lipinski definition) is 3. The summed E-state index contributed by atoms with van der Waals surface area (Å²) in [5, 5.41) is 30.4. The highest BCUT2D eigenvalue weighted by Crippen LogP contribution is 2.67. The van der Waals surface area contributed by atoms with E-state index in [2.05, 4.69) is 19.9 Å². The van der Waals surface area contributed by atoms with Crippen LogP contribution in [0.15, 0.2) is 11.6 Å². The fourth-order valence-corrected chi connectivity index (χ4v) is 8.70. The quantitative estimate of drug-likeness (QED) is 0.432. The summed E-state index contributed by atoms with van der Waals surface area (Å²) in [4.78, 5) is 0. The van der Waals surface area contributed by atoms with E-state index >= 15 is 0 Å². The first-order valence-corrected chi connectivity index (χ1v) is 13.3. The van der Waals surface area contributed by atoms with Gasteiger partial charge in [-0.3, -0.25) is 0 Å². The molecule has 178 valence electrons. The molecule has 31 heavy (non-hydrogen) atoms. The summed E-state index contributed by atoms with van der Waals surface area (Å²) >= 11 is 0. The Balaban J connectivity index is 1.41. The molecule has 0 amide bonds. The molecule has 0 saturated heterocycles. The lowest BCUT2D eigenvalue weighted by atomic mass is 9.46. The van der Waals surface area contributed by atoms with Gasteiger partial charge in [0.25, 0.3) is 0 Å². The van der Waals surface area contributed by atoms with Crippen LogP contribution in [0.1, 0.15) is 111 Å². The molecule has 3 fully saturated rings. The minimum atomic E-state index is -0.624. The average Bonchev–Trinajstić information content (AvgIpc) is 3.03. The van der Waals surface area contributed by atoms with Gasteiger partial charge < -0.3 is 15.3 Å². The van der Waals surface area contributed by atoms with Gasteiger partial charge in [-0.15, -0.1) is 0 Å².